The normalized spacial score (nSPS) is 10.5. The van der Waals surface area contributed by atoms with Crippen LogP contribution in [0.25, 0.3) is 11.4 Å². The van der Waals surface area contributed by atoms with Gasteiger partial charge in [0.25, 0.3) is 17.0 Å². The number of carbonyl (C=O) groups is 2. The van der Waals surface area contributed by atoms with E-state index in [1.807, 2.05) is 0 Å². The van der Waals surface area contributed by atoms with E-state index in [4.69, 9.17) is 5.11 Å². The number of nitrogens with one attached hydrogen (secondary N) is 1. The van der Waals surface area contributed by atoms with Crippen molar-refractivity contribution in [3.05, 3.63) is 113 Å². The number of carbonyl (C=O) groups excluding carboxylic acids is 1. The summed E-state index contributed by atoms with van der Waals surface area (Å²) in [6, 6.07) is 16.6. The highest BCUT2D eigenvalue weighted by molar-refractivity contribution is 9.10. The molecule has 14 nitrogen and oxygen atoms in total. The summed E-state index contributed by atoms with van der Waals surface area (Å²) < 4.78 is 5.31. The number of hydrogen-bond acceptors (Lipinski definition) is 9. The third-order valence-electron chi connectivity index (χ3n) is 5.53. The maximum absolute atomic E-state index is 12.6. The van der Waals surface area contributed by atoms with Gasteiger partial charge in [0.2, 0.25) is 5.95 Å². The highest BCUT2D eigenvalue weighted by atomic mass is 79.9. The number of rotatable bonds is 5. The van der Waals surface area contributed by atoms with Gasteiger partial charge in [-0.15, -0.1) is 0 Å². The molecule has 0 spiro atoms. The molecule has 0 aliphatic rings. The molecular weight excluding hydrogens is 678 g/mol. The molecule has 0 aliphatic heterocycles. The Morgan fingerprint density at radius 1 is 0.786 bits per heavy atom. The van der Waals surface area contributed by atoms with Crippen molar-refractivity contribution in [3.8, 4) is 11.4 Å². The van der Waals surface area contributed by atoms with E-state index in [0.717, 1.165) is 13.6 Å². The van der Waals surface area contributed by atoms with E-state index in [0.29, 0.717) is 22.8 Å². The summed E-state index contributed by atoms with van der Waals surface area (Å²) in [6.45, 7) is 3.34. The van der Waals surface area contributed by atoms with Crippen LogP contribution in [0.3, 0.4) is 0 Å². The van der Waals surface area contributed by atoms with E-state index in [1.165, 1.54) is 21.5 Å². The van der Waals surface area contributed by atoms with Crippen LogP contribution < -0.4 is 16.4 Å². The quantitative estimate of drug-likeness (QED) is 0.277. The first kappa shape index (κ1) is 30.1. The van der Waals surface area contributed by atoms with Crippen molar-refractivity contribution in [2.24, 2.45) is 7.05 Å². The molecular formula is C26H21Br2N9O5. The van der Waals surface area contributed by atoms with Gasteiger partial charge in [-0.2, -0.15) is 19.6 Å². The molecule has 214 valence electrons. The van der Waals surface area contributed by atoms with Crippen molar-refractivity contribution >= 4 is 49.7 Å². The topological polar surface area (TPSA) is 180 Å². The summed E-state index contributed by atoms with van der Waals surface area (Å²) in [7, 11) is 1.58. The number of amides is 1. The van der Waals surface area contributed by atoms with Crippen LogP contribution in [0.2, 0.25) is 0 Å². The zero-order chi connectivity index (χ0) is 30.6. The van der Waals surface area contributed by atoms with Gasteiger partial charge in [0.1, 0.15) is 11.1 Å². The van der Waals surface area contributed by atoms with Crippen molar-refractivity contribution in [1.82, 2.24) is 39.8 Å². The summed E-state index contributed by atoms with van der Waals surface area (Å²) in [5.74, 6) is -1.71. The number of benzene rings is 2. The van der Waals surface area contributed by atoms with E-state index < -0.39 is 23.0 Å². The summed E-state index contributed by atoms with van der Waals surface area (Å²) in [5.41, 5.74) is 0.564. The highest BCUT2D eigenvalue weighted by Crippen LogP contribution is 2.14. The highest BCUT2D eigenvalue weighted by Gasteiger charge is 2.18. The number of aromatic carboxylic acids is 1. The standard InChI is InChI=1S/C14H12BrN7O2.C12H9BrN2O3/c1-8-7-11(12(23)16-14-17-19-20-21(14)2)13(24)22(18-8)10-5-3-9(15)4-6-10;1-7-6-10(12(17)18)11(16)15(14-7)9-4-2-8(13)3-5-9/h3-7H,1-2H3,(H,16,17,20,23);2-6H,1H3,(H,17,18). The molecule has 0 saturated carbocycles. The Balaban J connectivity index is 0.000000201. The second-order valence-corrected chi connectivity index (χ2v) is 10.5. The van der Waals surface area contributed by atoms with E-state index in [2.05, 4.69) is 62.9 Å². The van der Waals surface area contributed by atoms with Gasteiger partial charge in [0.15, 0.2) is 0 Å². The first-order chi connectivity index (χ1) is 19.9. The zero-order valence-corrected chi connectivity index (χ0v) is 25.4. The molecule has 0 radical (unpaired) electrons. The van der Waals surface area contributed by atoms with E-state index >= 15 is 0 Å². The van der Waals surface area contributed by atoms with Crippen LogP contribution in [-0.2, 0) is 7.05 Å². The van der Waals surface area contributed by atoms with Crippen LogP contribution in [0.15, 0.2) is 79.2 Å². The Bertz CT molecular complexity index is 1900. The van der Waals surface area contributed by atoms with Crippen LogP contribution in [-0.4, -0.2) is 56.8 Å². The van der Waals surface area contributed by atoms with E-state index in [1.54, 1.807) is 69.4 Å². The minimum atomic E-state index is -1.25. The number of carboxylic acid groups (broad SMARTS) is 1. The predicted octanol–water partition coefficient (Wildman–Crippen LogP) is 3.08. The average molecular weight is 699 g/mol. The fourth-order valence-electron chi connectivity index (χ4n) is 3.57. The molecule has 0 atom stereocenters. The third kappa shape index (κ3) is 6.90. The molecule has 0 saturated heterocycles. The van der Waals surface area contributed by atoms with Crippen LogP contribution in [0, 0.1) is 13.8 Å². The first-order valence-corrected chi connectivity index (χ1v) is 13.5. The molecule has 3 heterocycles. The number of hydrogen-bond donors (Lipinski definition) is 2. The maximum atomic E-state index is 12.6. The zero-order valence-electron chi connectivity index (χ0n) is 22.2. The van der Waals surface area contributed by atoms with Crippen molar-refractivity contribution in [1.29, 1.82) is 0 Å². The Morgan fingerprint density at radius 3 is 1.67 bits per heavy atom. The largest absolute Gasteiger partial charge is 0.477 e. The number of tetrazole rings is 1. The van der Waals surface area contributed by atoms with Crippen LogP contribution in [0.1, 0.15) is 32.1 Å². The van der Waals surface area contributed by atoms with Gasteiger partial charge in [-0.05, 0) is 84.9 Å². The smallest absolute Gasteiger partial charge is 0.341 e. The fourth-order valence-corrected chi connectivity index (χ4v) is 4.10. The lowest BCUT2D eigenvalue weighted by molar-refractivity contribution is 0.0693. The fraction of sp³-hybridized carbons (Fsp3) is 0.115. The van der Waals surface area contributed by atoms with Crippen LogP contribution in [0.5, 0.6) is 0 Å². The number of carboxylic acids is 1. The molecule has 2 aromatic carbocycles. The minimum absolute atomic E-state index is 0.0478. The summed E-state index contributed by atoms with van der Waals surface area (Å²) in [6.07, 6.45) is 0. The van der Waals surface area contributed by atoms with Gasteiger partial charge in [0.05, 0.1) is 22.8 Å². The number of anilines is 1. The molecule has 42 heavy (non-hydrogen) atoms. The Kier molecular flexibility index (Phi) is 9.17. The lowest BCUT2D eigenvalue weighted by Crippen LogP contribution is -2.31. The predicted molar refractivity (Wildman–Crippen MR) is 158 cm³/mol. The number of aromatic nitrogens is 8. The SMILES string of the molecule is Cc1cc(C(=O)Nc2nnnn2C)c(=O)n(-c2ccc(Br)cc2)n1.Cc1cc(C(=O)O)c(=O)n(-c2ccc(Br)cc2)n1. The van der Waals surface area contributed by atoms with Gasteiger partial charge >= 0.3 is 5.97 Å². The van der Waals surface area contributed by atoms with Crippen LogP contribution >= 0.6 is 31.9 Å². The molecule has 3 aromatic heterocycles. The van der Waals surface area contributed by atoms with Gasteiger partial charge in [-0.1, -0.05) is 37.0 Å². The molecule has 16 heteroatoms. The molecule has 0 unspecified atom stereocenters. The van der Waals surface area contributed by atoms with Crippen molar-refractivity contribution in [2.75, 3.05) is 5.32 Å². The molecule has 0 fully saturated rings. The van der Waals surface area contributed by atoms with Crippen molar-refractivity contribution in [3.63, 3.8) is 0 Å². The Hall–Kier alpha value is -4.83. The Labute approximate surface area is 253 Å². The lowest BCUT2D eigenvalue weighted by atomic mass is 10.2. The monoisotopic (exact) mass is 697 g/mol. The molecule has 2 N–H and O–H groups in total. The van der Waals surface area contributed by atoms with E-state index in [9.17, 15) is 19.2 Å². The average Bonchev–Trinajstić information content (AvgIpc) is 3.36. The van der Waals surface area contributed by atoms with Gasteiger partial charge in [-0.25, -0.2) is 9.48 Å². The Morgan fingerprint density at radius 2 is 1.24 bits per heavy atom. The van der Waals surface area contributed by atoms with Gasteiger partial charge < -0.3 is 5.11 Å². The summed E-state index contributed by atoms with van der Waals surface area (Å²) in [5, 5.41) is 30.4. The second kappa shape index (κ2) is 12.8. The first-order valence-electron chi connectivity index (χ1n) is 12.0. The lowest BCUT2D eigenvalue weighted by Gasteiger charge is -2.09. The van der Waals surface area contributed by atoms with Crippen LogP contribution in [0.4, 0.5) is 5.95 Å². The number of nitrogens with zero attached hydrogens (tertiary/aromatic N) is 8. The molecule has 0 aliphatic carbocycles. The summed E-state index contributed by atoms with van der Waals surface area (Å²) in [4.78, 5) is 48.0. The molecule has 5 rings (SSSR count). The molecule has 5 aromatic rings. The second-order valence-electron chi connectivity index (χ2n) is 8.67. The van der Waals surface area contributed by atoms with Gasteiger partial charge in [0, 0.05) is 16.0 Å². The number of halogens is 2. The third-order valence-corrected chi connectivity index (χ3v) is 6.59. The van der Waals surface area contributed by atoms with Crippen molar-refractivity contribution in [2.45, 2.75) is 13.8 Å². The molecule has 0 bridgehead atoms. The minimum Gasteiger partial charge on any atom is -0.477 e. The summed E-state index contributed by atoms with van der Waals surface area (Å²) >= 11 is 6.62. The maximum Gasteiger partial charge on any atom is 0.341 e. The van der Waals surface area contributed by atoms with Crippen molar-refractivity contribution < 1.29 is 14.7 Å². The van der Waals surface area contributed by atoms with E-state index in [-0.39, 0.29) is 17.1 Å². The number of aryl methyl sites for hydroxylation is 3. The van der Waals surface area contributed by atoms with Gasteiger partial charge in [-0.3, -0.25) is 19.7 Å². The molecule has 1 amide bonds.